The minimum atomic E-state index is -3.49. The molecule has 1 aliphatic carbocycles. The molecule has 3 rings (SSSR count). The Balaban J connectivity index is 1.73. The van der Waals surface area contributed by atoms with E-state index >= 15 is 0 Å². The van der Waals surface area contributed by atoms with Gasteiger partial charge in [0.25, 0.3) is 0 Å². The zero-order valence-corrected chi connectivity index (χ0v) is 13.6. The van der Waals surface area contributed by atoms with Gasteiger partial charge in [-0.3, -0.25) is 10.00 Å². The van der Waals surface area contributed by atoms with E-state index in [2.05, 4.69) is 19.8 Å². The van der Waals surface area contributed by atoms with Gasteiger partial charge in [-0.1, -0.05) is 19.3 Å². The lowest BCUT2D eigenvalue weighted by atomic mass is 9.80. The Morgan fingerprint density at radius 3 is 2.64 bits per heavy atom. The van der Waals surface area contributed by atoms with E-state index in [1.165, 1.54) is 18.8 Å². The van der Waals surface area contributed by atoms with E-state index in [0.717, 1.165) is 52.0 Å². The molecule has 0 unspecified atom stereocenters. The summed E-state index contributed by atoms with van der Waals surface area (Å²) in [6, 6.07) is 0. The molecule has 0 atom stereocenters. The minimum Gasteiger partial charge on any atom is -0.379 e. The van der Waals surface area contributed by atoms with Crippen molar-refractivity contribution in [1.29, 1.82) is 0 Å². The van der Waals surface area contributed by atoms with Crippen molar-refractivity contribution < 1.29 is 13.2 Å². The molecule has 1 saturated carbocycles. The molecule has 8 heteroatoms. The summed E-state index contributed by atoms with van der Waals surface area (Å²) in [6.07, 6.45) is 8.38. The molecular weight excluding hydrogens is 304 g/mol. The van der Waals surface area contributed by atoms with Crippen molar-refractivity contribution >= 4 is 10.0 Å². The number of morpholine rings is 1. The van der Waals surface area contributed by atoms with E-state index in [1.54, 1.807) is 0 Å². The van der Waals surface area contributed by atoms with Crippen LogP contribution in [0.5, 0.6) is 0 Å². The molecule has 1 aromatic rings. The highest BCUT2D eigenvalue weighted by Gasteiger charge is 2.39. The zero-order chi connectivity index (χ0) is 15.5. The number of aromatic nitrogens is 2. The first kappa shape index (κ1) is 15.9. The Morgan fingerprint density at radius 2 is 2.00 bits per heavy atom. The maximum Gasteiger partial charge on any atom is 0.243 e. The van der Waals surface area contributed by atoms with E-state index in [-0.39, 0.29) is 10.4 Å². The Labute approximate surface area is 131 Å². The molecule has 7 nitrogen and oxygen atoms in total. The number of H-pyrrole nitrogens is 1. The Hall–Kier alpha value is -0.960. The van der Waals surface area contributed by atoms with E-state index in [4.69, 9.17) is 4.74 Å². The summed E-state index contributed by atoms with van der Waals surface area (Å²) in [5, 5.41) is 6.27. The lowest BCUT2D eigenvalue weighted by molar-refractivity contribution is -0.0348. The van der Waals surface area contributed by atoms with Crippen LogP contribution in [0.3, 0.4) is 0 Å². The van der Waals surface area contributed by atoms with Crippen molar-refractivity contribution in [2.75, 3.05) is 32.8 Å². The average Bonchev–Trinajstić information content (AvgIpc) is 3.10. The topological polar surface area (TPSA) is 87.3 Å². The number of sulfonamides is 1. The predicted molar refractivity (Wildman–Crippen MR) is 82.0 cm³/mol. The van der Waals surface area contributed by atoms with Crippen LogP contribution < -0.4 is 4.72 Å². The molecule has 0 amide bonds. The van der Waals surface area contributed by atoms with Gasteiger partial charge in [-0.25, -0.2) is 13.1 Å². The van der Waals surface area contributed by atoms with Crippen LogP contribution in [0.15, 0.2) is 17.3 Å². The number of rotatable bonds is 5. The van der Waals surface area contributed by atoms with Gasteiger partial charge >= 0.3 is 0 Å². The molecule has 2 heterocycles. The summed E-state index contributed by atoms with van der Waals surface area (Å²) in [7, 11) is -3.49. The molecule has 1 aromatic heterocycles. The van der Waals surface area contributed by atoms with Crippen LogP contribution in [0.1, 0.15) is 32.1 Å². The van der Waals surface area contributed by atoms with Crippen LogP contribution in [-0.4, -0.2) is 61.9 Å². The van der Waals surface area contributed by atoms with Crippen molar-refractivity contribution in [2.24, 2.45) is 0 Å². The second-order valence-electron chi connectivity index (χ2n) is 6.14. The Kier molecular flexibility index (Phi) is 4.82. The second kappa shape index (κ2) is 6.66. The molecule has 0 aromatic carbocycles. The van der Waals surface area contributed by atoms with Gasteiger partial charge in [0.15, 0.2) is 0 Å². The number of nitrogens with zero attached hydrogens (tertiary/aromatic N) is 2. The van der Waals surface area contributed by atoms with Gasteiger partial charge in [0.05, 0.1) is 19.4 Å². The molecule has 2 N–H and O–H groups in total. The molecule has 0 radical (unpaired) electrons. The second-order valence-corrected chi connectivity index (χ2v) is 7.91. The normalized spacial score (nSPS) is 23.5. The predicted octanol–water partition coefficient (Wildman–Crippen LogP) is 0.723. The standard InChI is InChI=1S/C14H24N4O3S/c19-22(20,13-10-15-16-11-13)17-12-14(4-2-1-3-5-14)18-6-8-21-9-7-18/h10-11,17H,1-9,12H2,(H,15,16). The first-order valence-corrected chi connectivity index (χ1v) is 9.42. The summed E-state index contributed by atoms with van der Waals surface area (Å²) in [6.45, 7) is 3.69. The summed E-state index contributed by atoms with van der Waals surface area (Å²) < 4.78 is 32.9. The van der Waals surface area contributed by atoms with Gasteiger partial charge in [0.1, 0.15) is 4.90 Å². The minimum absolute atomic E-state index is 0.0706. The third-order valence-electron chi connectivity index (χ3n) is 4.84. The first-order valence-electron chi connectivity index (χ1n) is 7.94. The lowest BCUT2D eigenvalue weighted by Crippen LogP contribution is -2.59. The number of nitrogens with one attached hydrogen (secondary N) is 2. The summed E-state index contributed by atoms with van der Waals surface area (Å²) in [5.41, 5.74) is -0.0706. The molecule has 2 fully saturated rings. The maximum absolute atomic E-state index is 12.3. The molecule has 2 aliphatic rings. The molecular formula is C14H24N4O3S. The number of hydrogen-bond acceptors (Lipinski definition) is 5. The van der Waals surface area contributed by atoms with Gasteiger partial charge < -0.3 is 4.74 Å². The SMILES string of the molecule is O=S(=O)(NCC1(N2CCOCC2)CCCCC1)c1cn[nH]c1. The van der Waals surface area contributed by atoms with Crippen molar-refractivity contribution in [3.63, 3.8) is 0 Å². The van der Waals surface area contributed by atoms with Crippen LogP contribution in [0.25, 0.3) is 0 Å². The number of hydrogen-bond donors (Lipinski definition) is 2. The van der Waals surface area contributed by atoms with Gasteiger partial charge in [-0.05, 0) is 12.8 Å². The fourth-order valence-electron chi connectivity index (χ4n) is 3.55. The Morgan fingerprint density at radius 1 is 1.27 bits per heavy atom. The van der Waals surface area contributed by atoms with Gasteiger partial charge in [0.2, 0.25) is 10.0 Å². The maximum atomic E-state index is 12.3. The van der Waals surface area contributed by atoms with E-state index in [0.29, 0.717) is 6.54 Å². The smallest absolute Gasteiger partial charge is 0.243 e. The van der Waals surface area contributed by atoms with Crippen molar-refractivity contribution in [3.8, 4) is 0 Å². The fourth-order valence-corrected chi connectivity index (χ4v) is 4.58. The van der Waals surface area contributed by atoms with Crippen LogP contribution in [-0.2, 0) is 14.8 Å². The quantitative estimate of drug-likeness (QED) is 0.832. The fraction of sp³-hybridized carbons (Fsp3) is 0.786. The number of aromatic amines is 1. The van der Waals surface area contributed by atoms with Crippen molar-refractivity contribution in [2.45, 2.75) is 42.5 Å². The largest absolute Gasteiger partial charge is 0.379 e. The third kappa shape index (κ3) is 3.34. The van der Waals surface area contributed by atoms with Crippen LogP contribution in [0.2, 0.25) is 0 Å². The van der Waals surface area contributed by atoms with Gasteiger partial charge in [-0.15, -0.1) is 0 Å². The highest BCUT2D eigenvalue weighted by Crippen LogP contribution is 2.34. The summed E-state index contributed by atoms with van der Waals surface area (Å²) >= 11 is 0. The lowest BCUT2D eigenvalue weighted by Gasteiger charge is -2.48. The van der Waals surface area contributed by atoms with Crippen LogP contribution in [0, 0.1) is 0 Å². The first-order chi connectivity index (χ1) is 10.6. The van der Waals surface area contributed by atoms with E-state index in [1.807, 2.05) is 0 Å². The summed E-state index contributed by atoms with van der Waals surface area (Å²) in [5.74, 6) is 0. The third-order valence-corrected chi connectivity index (χ3v) is 6.21. The van der Waals surface area contributed by atoms with Crippen LogP contribution in [0.4, 0.5) is 0 Å². The van der Waals surface area contributed by atoms with Crippen molar-refractivity contribution in [1.82, 2.24) is 19.8 Å². The van der Waals surface area contributed by atoms with Gasteiger partial charge in [0, 0.05) is 31.4 Å². The van der Waals surface area contributed by atoms with E-state index < -0.39 is 10.0 Å². The molecule has 0 bridgehead atoms. The zero-order valence-electron chi connectivity index (χ0n) is 12.8. The molecule has 1 aliphatic heterocycles. The molecule has 22 heavy (non-hydrogen) atoms. The van der Waals surface area contributed by atoms with Gasteiger partial charge in [-0.2, -0.15) is 5.10 Å². The van der Waals surface area contributed by atoms with Crippen LogP contribution >= 0.6 is 0 Å². The monoisotopic (exact) mass is 328 g/mol. The van der Waals surface area contributed by atoms with E-state index in [9.17, 15) is 8.42 Å². The summed E-state index contributed by atoms with van der Waals surface area (Å²) in [4.78, 5) is 2.62. The Bertz CT molecular complexity index is 561. The molecule has 0 spiro atoms. The van der Waals surface area contributed by atoms with Crippen molar-refractivity contribution in [3.05, 3.63) is 12.4 Å². The highest BCUT2D eigenvalue weighted by molar-refractivity contribution is 7.89. The molecule has 1 saturated heterocycles. The molecule has 124 valence electrons. The number of ether oxygens (including phenoxy) is 1. The highest BCUT2D eigenvalue weighted by atomic mass is 32.2. The average molecular weight is 328 g/mol.